The summed E-state index contributed by atoms with van der Waals surface area (Å²) in [6.45, 7) is 1.93. The Labute approximate surface area is 53.9 Å². The highest BCUT2D eigenvalue weighted by molar-refractivity contribution is 5.75. The number of carbonyl (C=O) groups excluding carboxylic acids is 1. The Morgan fingerprint density at radius 3 is 2.67 bits per heavy atom. The van der Waals surface area contributed by atoms with Crippen LogP contribution in [0.5, 0.6) is 0 Å². The molecule has 2 atom stereocenters. The van der Waals surface area contributed by atoms with Crippen LogP contribution < -0.4 is 0 Å². The molecule has 0 aromatic carbocycles. The Kier molecular flexibility index (Phi) is 1.71. The van der Waals surface area contributed by atoms with Crippen molar-refractivity contribution in [3.8, 4) is 0 Å². The van der Waals surface area contributed by atoms with E-state index in [9.17, 15) is 4.79 Å². The van der Waals surface area contributed by atoms with Gasteiger partial charge in [-0.2, -0.15) is 0 Å². The fourth-order valence-electron chi connectivity index (χ4n) is 0.854. The second-order valence-electron chi connectivity index (χ2n) is 2.19. The van der Waals surface area contributed by atoms with E-state index in [-0.39, 0.29) is 18.2 Å². The van der Waals surface area contributed by atoms with Crippen LogP contribution in [0.15, 0.2) is 0 Å². The molecular formula is C6H10O3. The van der Waals surface area contributed by atoms with Crippen LogP contribution in [0.2, 0.25) is 0 Å². The molecule has 3 nitrogen and oxygen atoms in total. The average molecular weight is 130 g/mol. The van der Waals surface area contributed by atoms with Crippen molar-refractivity contribution in [3.05, 3.63) is 0 Å². The van der Waals surface area contributed by atoms with Crippen LogP contribution in [-0.4, -0.2) is 25.3 Å². The molecule has 2 unspecified atom stereocenters. The molecule has 1 fully saturated rings. The molecule has 1 aliphatic rings. The maximum absolute atomic E-state index is 10.6. The summed E-state index contributed by atoms with van der Waals surface area (Å²) in [6, 6.07) is 0. The van der Waals surface area contributed by atoms with Gasteiger partial charge < -0.3 is 9.47 Å². The highest BCUT2D eigenvalue weighted by Crippen LogP contribution is 2.20. The average Bonchev–Trinajstić information content (AvgIpc) is 1.79. The van der Waals surface area contributed by atoms with Crippen molar-refractivity contribution in [1.82, 2.24) is 0 Å². The van der Waals surface area contributed by atoms with Crippen LogP contribution in [0, 0.1) is 0 Å². The summed E-state index contributed by atoms with van der Waals surface area (Å²) >= 11 is 0. The van der Waals surface area contributed by atoms with Crippen molar-refractivity contribution in [2.45, 2.75) is 25.6 Å². The molecule has 1 heterocycles. The minimum absolute atomic E-state index is 0.231. The normalized spacial score (nSPS) is 33.1. The van der Waals surface area contributed by atoms with Crippen molar-refractivity contribution in [2.24, 2.45) is 0 Å². The largest absolute Gasteiger partial charge is 0.467 e. The minimum atomic E-state index is -0.287. The highest BCUT2D eigenvalue weighted by Gasteiger charge is 2.33. The van der Waals surface area contributed by atoms with E-state index < -0.39 is 0 Å². The predicted molar refractivity (Wildman–Crippen MR) is 31.0 cm³/mol. The number of hydrogen-bond acceptors (Lipinski definition) is 3. The number of hydrogen-bond donors (Lipinski definition) is 0. The number of esters is 1. The maximum atomic E-state index is 10.6. The van der Waals surface area contributed by atoms with Crippen LogP contribution >= 0.6 is 0 Å². The second kappa shape index (κ2) is 2.35. The van der Waals surface area contributed by atoms with Crippen LogP contribution in [0.25, 0.3) is 0 Å². The zero-order valence-electron chi connectivity index (χ0n) is 5.59. The maximum Gasteiger partial charge on any atom is 0.335 e. The minimum Gasteiger partial charge on any atom is -0.467 e. The third-order valence-corrected chi connectivity index (χ3v) is 1.41. The molecular weight excluding hydrogens is 120 g/mol. The molecule has 0 saturated carbocycles. The molecule has 0 aromatic heterocycles. The van der Waals surface area contributed by atoms with Crippen molar-refractivity contribution < 1.29 is 14.3 Å². The highest BCUT2D eigenvalue weighted by atomic mass is 16.6. The van der Waals surface area contributed by atoms with E-state index >= 15 is 0 Å². The Balaban J connectivity index is 2.23. The lowest BCUT2D eigenvalue weighted by atomic mass is 10.1. The van der Waals surface area contributed by atoms with Crippen molar-refractivity contribution >= 4 is 5.97 Å². The van der Waals surface area contributed by atoms with Gasteiger partial charge in [0, 0.05) is 6.42 Å². The van der Waals surface area contributed by atoms with E-state index in [0.29, 0.717) is 0 Å². The smallest absolute Gasteiger partial charge is 0.335 e. The van der Waals surface area contributed by atoms with Gasteiger partial charge in [0.1, 0.15) is 0 Å². The zero-order chi connectivity index (χ0) is 6.85. The van der Waals surface area contributed by atoms with E-state index in [1.807, 2.05) is 6.92 Å². The van der Waals surface area contributed by atoms with Crippen LogP contribution in [-0.2, 0) is 14.3 Å². The standard InChI is InChI=1S/C6H10O3/c1-4-3-5(9-4)6(7)8-2/h4-5H,3H2,1-2H3. The van der Waals surface area contributed by atoms with Gasteiger partial charge in [-0.1, -0.05) is 0 Å². The van der Waals surface area contributed by atoms with Crippen molar-refractivity contribution in [2.75, 3.05) is 7.11 Å². The van der Waals surface area contributed by atoms with E-state index in [0.717, 1.165) is 6.42 Å². The van der Waals surface area contributed by atoms with Gasteiger partial charge in [0.05, 0.1) is 13.2 Å². The molecule has 0 aliphatic carbocycles. The Bertz CT molecular complexity index is 115. The first-order valence-electron chi connectivity index (χ1n) is 2.97. The van der Waals surface area contributed by atoms with Gasteiger partial charge in [-0.15, -0.1) is 0 Å². The molecule has 52 valence electrons. The van der Waals surface area contributed by atoms with E-state index in [1.165, 1.54) is 7.11 Å². The summed E-state index contributed by atoms with van der Waals surface area (Å²) in [6.07, 6.45) is 0.742. The second-order valence-corrected chi connectivity index (χ2v) is 2.19. The zero-order valence-corrected chi connectivity index (χ0v) is 5.59. The number of carbonyl (C=O) groups is 1. The number of ether oxygens (including phenoxy) is 2. The van der Waals surface area contributed by atoms with Gasteiger partial charge >= 0.3 is 5.97 Å². The quantitative estimate of drug-likeness (QED) is 0.480. The van der Waals surface area contributed by atoms with Crippen molar-refractivity contribution in [1.29, 1.82) is 0 Å². The molecule has 1 rings (SSSR count). The van der Waals surface area contributed by atoms with Gasteiger partial charge in [0.2, 0.25) is 0 Å². The molecule has 0 N–H and O–H groups in total. The topological polar surface area (TPSA) is 35.5 Å². The van der Waals surface area contributed by atoms with E-state index in [4.69, 9.17) is 4.74 Å². The summed E-state index contributed by atoms with van der Waals surface area (Å²) in [7, 11) is 1.37. The lowest BCUT2D eigenvalue weighted by Crippen LogP contribution is -2.41. The predicted octanol–water partition coefficient (Wildman–Crippen LogP) is 0.337. The van der Waals surface area contributed by atoms with Crippen LogP contribution in [0.1, 0.15) is 13.3 Å². The molecule has 3 heteroatoms. The lowest BCUT2D eigenvalue weighted by Gasteiger charge is -2.30. The number of methoxy groups -OCH3 is 1. The number of rotatable bonds is 1. The fraction of sp³-hybridized carbons (Fsp3) is 0.833. The Morgan fingerprint density at radius 1 is 1.78 bits per heavy atom. The molecule has 1 aliphatic heterocycles. The van der Waals surface area contributed by atoms with Crippen molar-refractivity contribution in [3.63, 3.8) is 0 Å². The van der Waals surface area contributed by atoms with Gasteiger partial charge in [0.15, 0.2) is 6.10 Å². The first kappa shape index (κ1) is 6.55. The lowest BCUT2D eigenvalue weighted by molar-refractivity contribution is -0.179. The van der Waals surface area contributed by atoms with Gasteiger partial charge in [0.25, 0.3) is 0 Å². The SMILES string of the molecule is COC(=O)C1CC(C)O1. The first-order valence-corrected chi connectivity index (χ1v) is 2.97. The summed E-state index contributed by atoms with van der Waals surface area (Å²) < 4.78 is 9.46. The van der Waals surface area contributed by atoms with Gasteiger partial charge in [-0.3, -0.25) is 0 Å². The van der Waals surface area contributed by atoms with E-state index in [1.54, 1.807) is 0 Å². The third-order valence-electron chi connectivity index (χ3n) is 1.41. The monoisotopic (exact) mass is 130 g/mol. The Morgan fingerprint density at radius 2 is 2.33 bits per heavy atom. The van der Waals surface area contributed by atoms with Gasteiger partial charge in [-0.25, -0.2) is 4.79 Å². The molecule has 9 heavy (non-hydrogen) atoms. The molecule has 0 aromatic rings. The molecule has 0 spiro atoms. The van der Waals surface area contributed by atoms with Gasteiger partial charge in [-0.05, 0) is 6.92 Å². The first-order chi connectivity index (χ1) is 4.24. The molecule has 0 bridgehead atoms. The summed E-state index contributed by atoms with van der Waals surface area (Å²) in [5.74, 6) is -0.256. The fourth-order valence-corrected chi connectivity index (χ4v) is 0.854. The summed E-state index contributed by atoms with van der Waals surface area (Å²) in [5, 5.41) is 0. The Hall–Kier alpha value is -0.570. The van der Waals surface area contributed by atoms with Crippen LogP contribution in [0.3, 0.4) is 0 Å². The van der Waals surface area contributed by atoms with Crippen LogP contribution in [0.4, 0.5) is 0 Å². The third kappa shape index (κ3) is 1.21. The van der Waals surface area contributed by atoms with E-state index in [2.05, 4.69) is 4.74 Å². The molecule has 0 amide bonds. The summed E-state index contributed by atoms with van der Waals surface area (Å²) in [4.78, 5) is 10.6. The molecule has 1 saturated heterocycles. The molecule has 0 radical (unpaired) electrons. The summed E-state index contributed by atoms with van der Waals surface area (Å²) in [5.41, 5.74) is 0.